The Morgan fingerprint density at radius 3 is 2.56 bits per heavy atom. The van der Waals surface area contributed by atoms with E-state index in [1.807, 2.05) is 11.3 Å². The summed E-state index contributed by atoms with van der Waals surface area (Å²) in [6, 6.07) is 1.80. The number of aromatic nitrogens is 3. The summed E-state index contributed by atoms with van der Waals surface area (Å²) in [6.45, 7) is 6.89. The minimum absolute atomic E-state index is 0.0612. The molecular formula is C20H27N5OS. The fourth-order valence-electron chi connectivity index (χ4n) is 4.51. The van der Waals surface area contributed by atoms with Crippen LogP contribution in [-0.2, 0) is 38.8 Å². The minimum atomic E-state index is 0.0612. The third kappa shape index (κ3) is 3.73. The third-order valence-electron chi connectivity index (χ3n) is 6.12. The standard InChI is InChI=1S/C20H27N5OS/c26-20-13-15-3-1-4-16(15)22-25(20)12-11-23-7-9-24(10-8-23)14-19-21-17-5-2-6-18(17)27-19/h13H,1-12,14H2. The predicted octanol–water partition coefficient (Wildman–Crippen LogP) is 1.49. The molecule has 0 amide bonds. The number of fused-ring (bicyclic) bond motifs is 2. The SMILES string of the molecule is O=c1cc2c(nn1CCN1CCN(Cc3nc4c(s3)CCC4)CC1)CCC2. The highest BCUT2D eigenvalue weighted by Crippen LogP contribution is 2.28. The van der Waals surface area contributed by atoms with Crippen LogP contribution >= 0.6 is 11.3 Å². The van der Waals surface area contributed by atoms with Gasteiger partial charge in [-0.25, -0.2) is 9.67 Å². The first-order chi connectivity index (χ1) is 13.2. The Hall–Kier alpha value is -1.57. The lowest BCUT2D eigenvalue weighted by Gasteiger charge is -2.34. The maximum atomic E-state index is 12.2. The van der Waals surface area contributed by atoms with E-state index in [-0.39, 0.29) is 5.56 Å². The molecule has 0 unspecified atom stereocenters. The molecule has 3 aliphatic rings. The van der Waals surface area contributed by atoms with E-state index in [9.17, 15) is 4.79 Å². The van der Waals surface area contributed by atoms with Gasteiger partial charge < -0.3 is 0 Å². The predicted molar refractivity (Wildman–Crippen MR) is 106 cm³/mol. The third-order valence-corrected chi connectivity index (χ3v) is 7.26. The smallest absolute Gasteiger partial charge is 0.267 e. The summed E-state index contributed by atoms with van der Waals surface area (Å²) in [5, 5.41) is 5.89. The topological polar surface area (TPSA) is 54.3 Å². The van der Waals surface area contributed by atoms with Crippen molar-refractivity contribution >= 4 is 11.3 Å². The molecule has 0 atom stereocenters. The molecule has 2 aliphatic carbocycles. The van der Waals surface area contributed by atoms with Crippen LogP contribution < -0.4 is 5.56 Å². The summed E-state index contributed by atoms with van der Waals surface area (Å²) in [7, 11) is 0. The van der Waals surface area contributed by atoms with E-state index in [1.165, 1.54) is 34.8 Å². The van der Waals surface area contributed by atoms with E-state index in [0.717, 1.165) is 69.8 Å². The maximum absolute atomic E-state index is 12.2. The maximum Gasteiger partial charge on any atom is 0.267 e. The zero-order chi connectivity index (χ0) is 18.2. The molecule has 0 spiro atoms. The van der Waals surface area contributed by atoms with Crippen molar-refractivity contribution in [3.63, 3.8) is 0 Å². The van der Waals surface area contributed by atoms with Crippen molar-refractivity contribution in [1.29, 1.82) is 0 Å². The van der Waals surface area contributed by atoms with Crippen LogP contribution in [0.1, 0.15) is 39.7 Å². The van der Waals surface area contributed by atoms with Crippen LogP contribution in [0.25, 0.3) is 0 Å². The van der Waals surface area contributed by atoms with Crippen LogP contribution in [0.3, 0.4) is 0 Å². The lowest BCUT2D eigenvalue weighted by Crippen LogP contribution is -2.47. The Morgan fingerprint density at radius 2 is 1.70 bits per heavy atom. The number of aryl methyl sites for hydroxylation is 4. The second-order valence-corrected chi connectivity index (χ2v) is 9.15. The van der Waals surface area contributed by atoms with Gasteiger partial charge in [-0.2, -0.15) is 5.10 Å². The Bertz CT molecular complexity index is 859. The van der Waals surface area contributed by atoms with E-state index in [4.69, 9.17) is 4.98 Å². The van der Waals surface area contributed by atoms with Gasteiger partial charge >= 0.3 is 0 Å². The Balaban J connectivity index is 1.12. The van der Waals surface area contributed by atoms with Crippen molar-refractivity contribution in [2.24, 2.45) is 0 Å². The number of thiazole rings is 1. The van der Waals surface area contributed by atoms with E-state index < -0.39 is 0 Å². The molecule has 6 nitrogen and oxygen atoms in total. The first-order valence-electron chi connectivity index (χ1n) is 10.3. The van der Waals surface area contributed by atoms with Gasteiger partial charge in [-0.15, -0.1) is 11.3 Å². The summed E-state index contributed by atoms with van der Waals surface area (Å²) in [5.74, 6) is 0. The van der Waals surface area contributed by atoms with Crippen molar-refractivity contribution in [1.82, 2.24) is 24.6 Å². The molecule has 27 heavy (non-hydrogen) atoms. The van der Waals surface area contributed by atoms with E-state index in [1.54, 1.807) is 10.7 Å². The summed E-state index contributed by atoms with van der Waals surface area (Å²) in [4.78, 5) is 23.6. The molecule has 5 rings (SSSR count). The van der Waals surface area contributed by atoms with Gasteiger partial charge in [-0.3, -0.25) is 14.6 Å². The molecule has 0 saturated carbocycles. The zero-order valence-corrected chi connectivity index (χ0v) is 16.6. The Kier molecular flexibility index (Phi) is 4.83. The minimum Gasteiger partial charge on any atom is -0.299 e. The van der Waals surface area contributed by atoms with Gasteiger partial charge in [0.1, 0.15) is 5.01 Å². The molecular weight excluding hydrogens is 358 g/mol. The highest BCUT2D eigenvalue weighted by atomic mass is 32.1. The summed E-state index contributed by atoms with van der Waals surface area (Å²) < 4.78 is 1.67. The first kappa shape index (κ1) is 17.5. The monoisotopic (exact) mass is 385 g/mol. The molecule has 1 saturated heterocycles. The van der Waals surface area contributed by atoms with Gasteiger partial charge in [-0.05, 0) is 44.1 Å². The molecule has 1 fully saturated rings. The van der Waals surface area contributed by atoms with Gasteiger partial charge in [0, 0.05) is 43.7 Å². The molecule has 7 heteroatoms. The number of nitrogens with zero attached hydrogens (tertiary/aromatic N) is 5. The highest BCUT2D eigenvalue weighted by Gasteiger charge is 2.21. The van der Waals surface area contributed by atoms with Crippen molar-refractivity contribution in [3.05, 3.63) is 43.3 Å². The molecule has 0 N–H and O–H groups in total. The largest absolute Gasteiger partial charge is 0.299 e. The molecule has 2 aromatic heterocycles. The fourth-order valence-corrected chi connectivity index (χ4v) is 5.71. The van der Waals surface area contributed by atoms with Crippen molar-refractivity contribution in [3.8, 4) is 0 Å². The number of hydrogen-bond donors (Lipinski definition) is 0. The van der Waals surface area contributed by atoms with Crippen LogP contribution in [0.15, 0.2) is 10.9 Å². The molecule has 0 radical (unpaired) electrons. The summed E-state index contributed by atoms with van der Waals surface area (Å²) >= 11 is 1.92. The molecule has 0 aromatic carbocycles. The van der Waals surface area contributed by atoms with Crippen molar-refractivity contribution < 1.29 is 0 Å². The fraction of sp³-hybridized carbons (Fsp3) is 0.650. The van der Waals surface area contributed by atoms with Crippen LogP contribution in [0.5, 0.6) is 0 Å². The van der Waals surface area contributed by atoms with Crippen LogP contribution in [0, 0.1) is 0 Å². The van der Waals surface area contributed by atoms with Crippen molar-refractivity contribution in [2.45, 2.75) is 51.6 Å². The summed E-state index contributed by atoms with van der Waals surface area (Å²) in [5.41, 5.74) is 3.72. The lowest BCUT2D eigenvalue weighted by molar-refractivity contribution is 0.122. The average molecular weight is 386 g/mol. The lowest BCUT2D eigenvalue weighted by atomic mass is 10.2. The molecule has 3 heterocycles. The molecule has 144 valence electrons. The van der Waals surface area contributed by atoms with Gasteiger partial charge in [0.15, 0.2) is 0 Å². The van der Waals surface area contributed by atoms with Crippen LogP contribution in [0.2, 0.25) is 0 Å². The second-order valence-electron chi connectivity index (χ2n) is 7.98. The Morgan fingerprint density at radius 1 is 0.926 bits per heavy atom. The van der Waals surface area contributed by atoms with Crippen molar-refractivity contribution in [2.75, 3.05) is 32.7 Å². The highest BCUT2D eigenvalue weighted by molar-refractivity contribution is 7.11. The normalized spacial score (nSPS) is 20.1. The second kappa shape index (κ2) is 7.45. The zero-order valence-electron chi connectivity index (χ0n) is 15.8. The van der Waals surface area contributed by atoms with E-state index in [2.05, 4.69) is 14.9 Å². The summed E-state index contributed by atoms with van der Waals surface area (Å²) in [6.07, 6.45) is 6.87. The molecule has 2 aromatic rings. The number of hydrogen-bond acceptors (Lipinski definition) is 6. The molecule has 1 aliphatic heterocycles. The average Bonchev–Trinajstić information content (AvgIpc) is 3.37. The number of rotatable bonds is 5. The van der Waals surface area contributed by atoms with Gasteiger partial charge in [0.2, 0.25) is 0 Å². The number of piperazine rings is 1. The van der Waals surface area contributed by atoms with E-state index >= 15 is 0 Å². The quantitative estimate of drug-likeness (QED) is 0.781. The van der Waals surface area contributed by atoms with Crippen LogP contribution in [-0.4, -0.2) is 57.3 Å². The first-order valence-corrected chi connectivity index (χ1v) is 11.1. The van der Waals surface area contributed by atoms with Gasteiger partial charge in [0.05, 0.1) is 24.5 Å². The van der Waals surface area contributed by atoms with Gasteiger partial charge in [-0.1, -0.05) is 0 Å². The van der Waals surface area contributed by atoms with Gasteiger partial charge in [0.25, 0.3) is 5.56 Å². The molecule has 0 bridgehead atoms. The van der Waals surface area contributed by atoms with E-state index in [0.29, 0.717) is 6.54 Å². The Labute approximate surface area is 163 Å². The van der Waals surface area contributed by atoms with Crippen LogP contribution in [0.4, 0.5) is 0 Å².